The molecule has 0 spiro atoms. The van der Waals surface area contributed by atoms with Crippen molar-refractivity contribution in [2.75, 3.05) is 5.32 Å². The van der Waals surface area contributed by atoms with Crippen molar-refractivity contribution in [2.24, 2.45) is 0 Å². The van der Waals surface area contributed by atoms with Gasteiger partial charge in [0.1, 0.15) is 5.15 Å². The van der Waals surface area contributed by atoms with Gasteiger partial charge < -0.3 is 5.32 Å². The summed E-state index contributed by atoms with van der Waals surface area (Å²) in [6.07, 6.45) is 0. The van der Waals surface area contributed by atoms with E-state index in [-0.39, 0.29) is 5.15 Å². The summed E-state index contributed by atoms with van der Waals surface area (Å²) in [6.45, 7) is 4.31. The van der Waals surface area contributed by atoms with Crippen LogP contribution in [0.4, 0.5) is 11.5 Å². The SMILES string of the molecule is CC(C)c1ccc(Nc2nc(Cl)c(Cl)cc2Cl)cc1. The molecule has 1 aromatic heterocycles. The minimum absolute atomic E-state index is 0.229. The van der Waals surface area contributed by atoms with Gasteiger partial charge in [-0.05, 0) is 29.7 Å². The van der Waals surface area contributed by atoms with Crippen LogP contribution in [0.15, 0.2) is 30.3 Å². The molecule has 1 aromatic carbocycles. The fourth-order valence-corrected chi connectivity index (χ4v) is 2.16. The van der Waals surface area contributed by atoms with Crippen molar-refractivity contribution in [3.05, 3.63) is 51.1 Å². The van der Waals surface area contributed by atoms with Crippen molar-refractivity contribution in [2.45, 2.75) is 19.8 Å². The van der Waals surface area contributed by atoms with E-state index in [0.29, 0.717) is 21.8 Å². The molecule has 0 bridgehead atoms. The van der Waals surface area contributed by atoms with Crippen LogP contribution in [0, 0.1) is 0 Å². The maximum absolute atomic E-state index is 6.07. The number of nitrogens with one attached hydrogen (secondary N) is 1. The topological polar surface area (TPSA) is 24.9 Å². The van der Waals surface area contributed by atoms with Gasteiger partial charge in [-0.1, -0.05) is 60.8 Å². The Morgan fingerprint density at radius 3 is 2.21 bits per heavy atom. The molecule has 1 heterocycles. The molecule has 100 valence electrons. The highest BCUT2D eigenvalue weighted by Gasteiger charge is 2.08. The van der Waals surface area contributed by atoms with Gasteiger partial charge in [-0.2, -0.15) is 0 Å². The first kappa shape index (κ1) is 14.4. The van der Waals surface area contributed by atoms with Crippen LogP contribution in [-0.2, 0) is 0 Å². The first-order chi connectivity index (χ1) is 8.97. The molecule has 0 amide bonds. The van der Waals surface area contributed by atoms with Crippen LogP contribution in [0.25, 0.3) is 0 Å². The quantitative estimate of drug-likeness (QED) is 0.712. The molecule has 2 aromatic rings. The number of anilines is 2. The van der Waals surface area contributed by atoms with E-state index in [9.17, 15) is 0 Å². The number of nitrogens with zero attached hydrogens (tertiary/aromatic N) is 1. The molecule has 0 aliphatic rings. The van der Waals surface area contributed by atoms with Gasteiger partial charge in [0.2, 0.25) is 0 Å². The Bertz CT molecular complexity index is 580. The third kappa shape index (κ3) is 3.53. The lowest BCUT2D eigenvalue weighted by Crippen LogP contribution is -1.96. The van der Waals surface area contributed by atoms with Crippen molar-refractivity contribution < 1.29 is 0 Å². The average Bonchev–Trinajstić information content (AvgIpc) is 2.36. The molecule has 2 nitrogen and oxygen atoms in total. The molecule has 0 saturated heterocycles. The first-order valence-electron chi connectivity index (χ1n) is 5.86. The lowest BCUT2D eigenvalue weighted by Gasteiger charge is -2.10. The van der Waals surface area contributed by atoms with E-state index < -0.39 is 0 Å². The number of pyridine rings is 1. The smallest absolute Gasteiger partial charge is 0.151 e. The monoisotopic (exact) mass is 314 g/mol. The van der Waals surface area contributed by atoms with E-state index in [4.69, 9.17) is 34.8 Å². The summed E-state index contributed by atoms with van der Waals surface area (Å²) in [7, 11) is 0. The fourth-order valence-electron chi connectivity index (χ4n) is 1.62. The van der Waals surface area contributed by atoms with Gasteiger partial charge in [-0.3, -0.25) is 0 Å². The van der Waals surface area contributed by atoms with E-state index in [1.165, 1.54) is 5.56 Å². The lowest BCUT2D eigenvalue weighted by molar-refractivity contribution is 0.867. The summed E-state index contributed by atoms with van der Waals surface area (Å²) in [5.41, 5.74) is 2.18. The Morgan fingerprint density at radius 2 is 1.63 bits per heavy atom. The van der Waals surface area contributed by atoms with E-state index in [1.54, 1.807) is 6.07 Å². The molecule has 0 radical (unpaired) electrons. The van der Waals surface area contributed by atoms with E-state index >= 15 is 0 Å². The number of rotatable bonds is 3. The van der Waals surface area contributed by atoms with Crippen molar-refractivity contribution >= 4 is 46.3 Å². The Balaban J connectivity index is 2.24. The maximum atomic E-state index is 6.07. The van der Waals surface area contributed by atoms with Crippen LogP contribution in [0.1, 0.15) is 25.3 Å². The van der Waals surface area contributed by atoms with Gasteiger partial charge in [0.25, 0.3) is 0 Å². The summed E-state index contributed by atoms with van der Waals surface area (Å²) < 4.78 is 0. The third-order valence-corrected chi connectivity index (χ3v) is 3.69. The van der Waals surface area contributed by atoms with Crippen molar-refractivity contribution in [1.82, 2.24) is 4.98 Å². The largest absolute Gasteiger partial charge is 0.339 e. The molecule has 19 heavy (non-hydrogen) atoms. The predicted octanol–water partition coefficient (Wildman–Crippen LogP) is 5.91. The van der Waals surface area contributed by atoms with Gasteiger partial charge in [0, 0.05) is 5.69 Å². The van der Waals surface area contributed by atoms with Crippen LogP contribution in [0.3, 0.4) is 0 Å². The molecular formula is C14H13Cl3N2. The Kier molecular flexibility index (Phi) is 4.56. The standard InChI is InChI=1S/C14H13Cl3N2/c1-8(2)9-3-5-10(6-4-9)18-14-12(16)7-11(15)13(17)19-14/h3-8H,1-2H3,(H,18,19). The first-order valence-corrected chi connectivity index (χ1v) is 6.99. The summed E-state index contributed by atoms with van der Waals surface area (Å²) in [6, 6.07) is 9.67. The third-order valence-electron chi connectivity index (χ3n) is 2.73. The van der Waals surface area contributed by atoms with Crippen LogP contribution in [0.5, 0.6) is 0 Å². The molecule has 5 heteroatoms. The van der Waals surface area contributed by atoms with E-state index in [0.717, 1.165) is 5.69 Å². The van der Waals surface area contributed by atoms with Crippen LogP contribution in [-0.4, -0.2) is 4.98 Å². The number of hydrogen-bond donors (Lipinski definition) is 1. The zero-order valence-electron chi connectivity index (χ0n) is 10.5. The molecule has 0 aliphatic heterocycles. The molecule has 1 N–H and O–H groups in total. The molecule has 0 atom stereocenters. The molecule has 2 rings (SSSR count). The second-order valence-corrected chi connectivity index (χ2v) is 5.67. The number of hydrogen-bond acceptors (Lipinski definition) is 2. The van der Waals surface area contributed by atoms with Crippen molar-refractivity contribution in [3.8, 4) is 0 Å². The zero-order valence-corrected chi connectivity index (χ0v) is 12.8. The number of benzene rings is 1. The van der Waals surface area contributed by atoms with Crippen LogP contribution >= 0.6 is 34.8 Å². The molecule has 0 unspecified atom stereocenters. The molecular weight excluding hydrogens is 303 g/mol. The normalized spacial score (nSPS) is 10.8. The summed E-state index contributed by atoms with van der Waals surface area (Å²) in [5.74, 6) is 0.995. The minimum Gasteiger partial charge on any atom is -0.339 e. The van der Waals surface area contributed by atoms with E-state index in [2.05, 4.69) is 36.3 Å². The maximum Gasteiger partial charge on any atom is 0.151 e. The van der Waals surface area contributed by atoms with Gasteiger partial charge >= 0.3 is 0 Å². The number of aromatic nitrogens is 1. The molecule has 0 aliphatic carbocycles. The highest BCUT2D eigenvalue weighted by molar-refractivity contribution is 6.43. The second-order valence-electron chi connectivity index (χ2n) is 4.49. The van der Waals surface area contributed by atoms with E-state index in [1.807, 2.05) is 12.1 Å². The predicted molar refractivity (Wildman–Crippen MR) is 83.1 cm³/mol. The minimum atomic E-state index is 0.229. The Hall–Kier alpha value is -0.960. The summed E-state index contributed by atoms with van der Waals surface area (Å²) in [4.78, 5) is 4.12. The van der Waals surface area contributed by atoms with Crippen molar-refractivity contribution in [3.63, 3.8) is 0 Å². The second kappa shape index (κ2) is 6.00. The highest BCUT2D eigenvalue weighted by atomic mass is 35.5. The van der Waals surface area contributed by atoms with Crippen LogP contribution < -0.4 is 5.32 Å². The van der Waals surface area contributed by atoms with Crippen LogP contribution in [0.2, 0.25) is 15.2 Å². The summed E-state index contributed by atoms with van der Waals surface area (Å²) in [5, 5.41) is 4.12. The van der Waals surface area contributed by atoms with Crippen molar-refractivity contribution in [1.29, 1.82) is 0 Å². The van der Waals surface area contributed by atoms with Gasteiger partial charge in [0.05, 0.1) is 10.0 Å². The average molecular weight is 316 g/mol. The Morgan fingerprint density at radius 1 is 1.00 bits per heavy atom. The molecule has 0 fully saturated rings. The summed E-state index contributed by atoms with van der Waals surface area (Å²) >= 11 is 17.8. The highest BCUT2D eigenvalue weighted by Crippen LogP contribution is 2.30. The van der Waals surface area contributed by atoms with Gasteiger partial charge in [-0.15, -0.1) is 0 Å². The Labute approximate surface area is 127 Å². The lowest BCUT2D eigenvalue weighted by atomic mass is 10.0. The van der Waals surface area contributed by atoms with Gasteiger partial charge in [-0.25, -0.2) is 4.98 Å². The zero-order chi connectivity index (χ0) is 14.0. The van der Waals surface area contributed by atoms with Gasteiger partial charge in [0.15, 0.2) is 5.82 Å². The fraction of sp³-hybridized carbons (Fsp3) is 0.214. The number of halogens is 3. The molecule has 0 saturated carbocycles.